The summed E-state index contributed by atoms with van der Waals surface area (Å²) in [6.07, 6.45) is 5.09. The van der Waals surface area contributed by atoms with E-state index < -0.39 is 0 Å². The van der Waals surface area contributed by atoms with Gasteiger partial charge >= 0.3 is 0 Å². The van der Waals surface area contributed by atoms with Gasteiger partial charge in [-0.3, -0.25) is 9.59 Å². The first-order valence-electron chi connectivity index (χ1n) is 14.3. The molecule has 1 aliphatic heterocycles. The van der Waals surface area contributed by atoms with Crippen molar-refractivity contribution in [1.29, 1.82) is 0 Å². The molecule has 1 saturated heterocycles. The van der Waals surface area contributed by atoms with E-state index >= 15 is 0 Å². The van der Waals surface area contributed by atoms with E-state index in [1.165, 1.54) is 12.3 Å². The smallest absolute Gasteiger partial charge is 0.247 e. The molecule has 228 valence electrons. The number of hydrogen-bond donors (Lipinski definition) is 2. The molecule has 1 fully saturated rings. The number of benzene rings is 2. The van der Waals surface area contributed by atoms with Crippen LogP contribution >= 0.6 is 0 Å². The number of ether oxygens (including phenoxy) is 2. The second-order valence-electron chi connectivity index (χ2n) is 10.7. The lowest BCUT2D eigenvalue weighted by molar-refractivity contribution is -0.111. The molecule has 0 spiro atoms. The van der Waals surface area contributed by atoms with Crippen LogP contribution in [0.15, 0.2) is 61.3 Å². The number of nitrogens with one attached hydrogen (secondary N) is 2. The lowest BCUT2D eigenvalue weighted by atomic mass is 10.0. The van der Waals surface area contributed by atoms with Gasteiger partial charge in [-0.2, -0.15) is 0 Å². The van der Waals surface area contributed by atoms with E-state index in [-0.39, 0.29) is 29.4 Å². The van der Waals surface area contributed by atoms with Crippen LogP contribution in [0.2, 0.25) is 0 Å². The average Bonchev–Trinajstić information content (AvgIpc) is 3.03. The maximum absolute atomic E-state index is 13.4. The van der Waals surface area contributed by atoms with Gasteiger partial charge in [0.1, 0.15) is 11.4 Å². The minimum Gasteiger partial charge on any atom is -0.494 e. The molecule has 1 aliphatic rings. The number of methoxy groups -OCH3 is 2. The normalized spacial score (nSPS) is 14.7. The van der Waals surface area contributed by atoms with Gasteiger partial charge in [-0.15, -0.1) is 0 Å². The third kappa shape index (κ3) is 8.08. The molecule has 2 N–H and O–H groups in total. The van der Waals surface area contributed by atoms with Crippen molar-refractivity contribution in [2.45, 2.75) is 18.9 Å². The van der Waals surface area contributed by atoms with Crippen LogP contribution in [0.4, 0.5) is 28.7 Å². The van der Waals surface area contributed by atoms with Crippen LogP contribution in [-0.2, 0) is 9.53 Å². The molecule has 3 aromatic rings. The van der Waals surface area contributed by atoms with Gasteiger partial charge in [-0.1, -0.05) is 6.58 Å². The van der Waals surface area contributed by atoms with Crippen molar-refractivity contribution < 1.29 is 19.1 Å². The van der Waals surface area contributed by atoms with Crippen LogP contribution in [0.25, 0.3) is 0 Å². The van der Waals surface area contributed by atoms with Crippen molar-refractivity contribution in [3.8, 4) is 5.75 Å². The van der Waals surface area contributed by atoms with E-state index in [2.05, 4.69) is 37.0 Å². The van der Waals surface area contributed by atoms with Gasteiger partial charge in [-0.05, 0) is 69.4 Å². The van der Waals surface area contributed by atoms with E-state index in [1.807, 2.05) is 56.4 Å². The SMILES string of the molecule is C=CC(=O)Nc1cc(Nc2nccc(C(=O)c3ccc(N4CCC[C@@H](OC)C4)cc3)n2)c(OC)cc1N(C)CCN(C)C. The van der Waals surface area contributed by atoms with Crippen LogP contribution in [0, 0.1) is 0 Å². The Morgan fingerprint density at radius 3 is 2.53 bits per heavy atom. The summed E-state index contributed by atoms with van der Waals surface area (Å²) in [5.41, 5.74) is 3.71. The van der Waals surface area contributed by atoms with Crippen molar-refractivity contribution in [3.05, 3.63) is 72.6 Å². The number of amides is 1. The quantitative estimate of drug-likeness (QED) is 0.223. The Hall–Kier alpha value is -4.48. The standard InChI is InChI=1S/C32H41N7O4/c1-7-30(40)34-26-19-27(29(43-6)20-28(26)38(4)18-17-37(2)3)36-32-33-15-14-25(35-32)31(41)22-10-12-23(13-11-22)39-16-8-9-24(21-39)42-5/h7,10-15,19-20,24H,1,8-9,16-18,21H2,2-6H3,(H,34,40)(H,33,35,36)/t24-/m1/s1. The summed E-state index contributed by atoms with van der Waals surface area (Å²) in [5, 5.41) is 6.04. The van der Waals surface area contributed by atoms with Crippen molar-refractivity contribution in [2.24, 2.45) is 0 Å². The molecule has 2 heterocycles. The van der Waals surface area contributed by atoms with Crippen molar-refractivity contribution in [1.82, 2.24) is 14.9 Å². The Labute approximate surface area is 253 Å². The first kappa shape index (κ1) is 31.5. The van der Waals surface area contributed by atoms with Crippen LogP contribution in [0.3, 0.4) is 0 Å². The third-order valence-corrected chi connectivity index (χ3v) is 7.40. The van der Waals surface area contributed by atoms with Crippen LogP contribution in [0.5, 0.6) is 5.75 Å². The number of carbonyl (C=O) groups excluding carboxylic acids is 2. The second-order valence-corrected chi connectivity index (χ2v) is 10.7. The fourth-order valence-corrected chi connectivity index (χ4v) is 4.91. The average molecular weight is 588 g/mol. The molecule has 0 radical (unpaired) electrons. The predicted octanol–water partition coefficient (Wildman–Crippen LogP) is 4.20. The molecule has 1 atom stereocenters. The van der Waals surface area contributed by atoms with Crippen molar-refractivity contribution in [2.75, 3.05) is 82.0 Å². The first-order valence-corrected chi connectivity index (χ1v) is 14.3. The maximum atomic E-state index is 13.4. The largest absolute Gasteiger partial charge is 0.494 e. The van der Waals surface area contributed by atoms with E-state index in [9.17, 15) is 9.59 Å². The van der Waals surface area contributed by atoms with E-state index in [0.717, 1.165) is 50.4 Å². The van der Waals surface area contributed by atoms with Crippen LogP contribution in [0.1, 0.15) is 28.9 Å². The fourth-order valence-electron chi connectivity index (χ4n) is 4.91. The number of aromatic nitrogens is 2. The van der Waals surface area contributed by atoms with E-state index in [1.54, 1.807) is 26.4 Å². The summed E-state index contributed by atoms with van der Waals surface area (Å²) in [5.74, 6) is 0.184. The Kier molecular flexibility index (Phi) is 10.7. The van der Waals surface area contributed by atoms with Gasteiger partial charge in [0.2, 0.25) is 17.6 Å². The molecule has 0 unspecified atom stereocenters. The summed E-state index contributed by atoms with van der Waals surface area (Å²) in [6.45, 7) is 6.90. The number of likely N-dealkylation sites (N-methyl/N-ethyl adjacent to an activating group) is 2. The van der Waals surface area contributed by atoms with Gasteiger partial charge in [0.25, 0.3) is 0 Å². The lowest BCUT2D eigenvalue weighted by Crippen LogP contribution is -2.39. The number of hydrogen-bond acceptors (Lipinski definition) is 10. The number of piperidine rings is 1. The minimum absolute atomic E-state index is 0.214. The Morgan fingerprint density at radius 2 is 1.86 bits per heavy atom. The summed E-state index contributed by atoms with van der Waals surface area (Å²) < 4.78 is 11.2. The molecule has 2 aromatic carbocycles. The Morgan fingerprint density at radius 1 is 1.09 bits per heavy atom. The Bertz CT molecular complexity index is 1430. The molecule has 11 nitrogen and oxygen atoms in total. The third-order valence-electron chi connectivity index (χ3n) is 7.40. The number of rotatable bonds is 13. The second kappa shape index (κ2) is 14.6. The molecular formula is C32H41N7O4. The van der Waals surface area contributed by atoms with Crippen LogP contribution in [-0.4, -0.2) is 94.2 Å². The fraction of sp³-hybridized carbons (Fsp3) is 0.375. The highest BCUT2D eigenvalue weighted by Crippen LogP contribution is 2.38. The zero-order chi connectivity index (χ0) is 30.9. The van der Waals surface area contributed by atoms with Gasteiger partial charge in [0.15, 0.2) is 0 Å². The van der Waals surface area contributed by atoms with E-state index in [0.29, 0.717) is 22.7 Å². The molecule has 1 amide bonds. The molecule has 1 aromatic heterocycles. The predicted molar refractivity (Wildman–Crippen MR) is 171 cm³/mol. The zero-order valence-electron chi connectivity index (χ0n) is 25.6. The number of nitrogens with zero attached hydrogens (tertiary/aromatic N) is 5. The van der Waals surface area contributed by atoms with Gasteiger partial charge in [-0.25, -0.2) is 9.97 Å². The summed E-state index contributed by atoms with van der Waals surface area (Å²) in [6, 6.07) is 12.8. The molecular weight excluding hydrogens is 546 g/mol. The summed E-state index contributed by atoms with van der Waals surface area (Å²) in [4.78, 5) is 40.8. The number of ketones is 1. The minimum atomic E-state index is -0.341. The molecule has 11 heteroatoms. The monoisotopic (exact) mass is 587 g/mol. The number of carbonyl (C=O) groups is 2. The van der Waals surface area contributed by atoms with Gasteiger partial charge in [0, 0.05) is 63.9 Å². The zero-order valence-corrected chi connectivity index (χ0v) is 25.6. The molecule has 0 saturated carbocycles. The lowest BCUT2D eigenvalue weighted by Gasteiger charge is -2.33. The van der Waals surface area contributed by atoms with Crippen molar-refractivity contribution >= 4 is 40.4 Å². The molecule has 0 bridgehead atoms. The van der Waals surface area contributed by atoms with Gasteiger partial charge < -0.3 is 34.8 Å². The molecule has 43 heavy (non-hydrogen) atoms. The highest BCUT2D eigenvalue weighted by Gasteiger charge is 2.21. The Balaban J connectivity index is 1.56. The van der Waals surface area contributed by atoms with E-state index in [4.69, 9.17) is 9.47 Å². The highest BCUT2D eigenvalue weighted by molar-refractivity contribution is 6.08. The highest BCUT2D eigenvalue weighted by atomic mass is 16.5. The molecule has 4 rings (SSSR count). The first-order chi connectivity index (χ1) is 20.7. The summed E-state index contributed by atoms with van der Waals surface area (Å²) >= 11 is 0. The van der Waals surface area contributed by atoms with Crippen LogP contribution < -0.4 is 25.2 Å². The topological polar surface area (TPSA) is 112 Å². The number of anilines is 5. The molecule has 0 aliphatic carbocycles. The van der Waals surface area contributed by atoms with Crippen molar-refractivity contribution in [3.63, 3.8) is 0 Å². The summed E-state index contributed by atoms with van der Waals surface area (Å²) in [7, 11) is 9.27. The maximum Gasteiger partial charge on any atom is 0.247 e. The van der Waals surface area contributed by atoms with Gasteiger partial charge in [0.05, 0.1) is 30.3 Å².